The van der Waals surface area contributed by atoms with Crippen LogP contribution in [0.3, 0.4) is 0 Å². The minimum atomic E-state index is -1.17. The van der Waals surface area contributed by atoms with E-state index < -0.39 is 5.97 Å². The molecule has 0 aliphatic rings. The van der Waals surface area contributed by atoms with E-state index in [1.807, 2.05) is 30.3 Å². The van der Waals surface area contributed by atoms with Crippen LogP contribution in [0.5, 0.6) is 0 Å². The third-order valence-electron chi connectivity index (χ3n) is 2.66. The Morgan fingerprint density at radius 1 is 1.11 bits per heavy atom. The Balaban J connectivity index is 0.00000180. The summed E-state index contributed by atoms with van der Waals surface area (Å²) in [7, 11) is 0. The molecule has 2 aromatic carbocycles. The number of benzene rings is 2. The van der Waals surface area contributed by atoms with Crippen molar-refractivity contribution in [3.05, 3.63) is 65.8 Å². The molecule has 0 bridgehead atoms. The molecule has 0 spiro atoms. The van der Waals surface area contributed by atoms with Gasteiger partial charge in [0.2, 0.25) is 0 Å². The van der Waals surface area contributed by atoms with Gasteiger partial charge in [0.1, 0.15) is 0 Å². The standard InChI is InChI=1S/C16H14O2.Na/c1-12(10-16(17)18)6-7-13-8-9-14-4-2-3-5-15(14)11-13;/h2-11H,1H3,(H,17,18);/q;+1/p-1. The van der Waals surface area contributed by atoms with Gasteiger partial charge in [-0.15, -0.1) is 0 Å². The number of hydrogen-bond donors (Lipinski definition) is 0. The molecule has 0 aliphatic heterocycles. The number of allylic oxidation sites excluding steroid dienone is 2. The van der Waals surface area contributed by atoms with E-state index in [0.29, 0.717) is 5.57 Å². The van der Waals surface area contributed by atoms with Gasteiger partial charge in [-0.05, 0) is 41.0 Å². The average molecular weight is 260 g/mol. The van der Waals surface area contributed by atoms with Gasteiger partial charge in [-0.25, -0.2) is 0 Å². The molecule has 0 saturated heterocycles. The fraction of sp³-hybridized carbons (Fsp3) is 0.0625. The van der Waals surface area contributed by atoms with E-state index in [-0.39, 0.29) is 29.6 Å². The molecule has 2 nitrogen and oxygen atoms in total. The van der Waals surface area contributed by atoms with Crippen LogP contribution in [0.25, 0.3) is 16.8 Å². The molecule has 2 rings (SSSR count). The fourth-order valence-corrected chi connectivity index (χ4v) is 1.77. The van der Waals surface area contributed by atoms with Gasteiger partial charge in [0.15, 0.2) is 0 Å². The molecule has 0 atom stereocenters. The molecule has 90 valence electrons. The molecule has 0 aromatic heterocycles. The first-order valence-corrected chi connectivity index (χ1v) is 5.71. The third kappa shape index (κ3) is 4.67. The Morgan fingerprint density at radius 2 is 1.79 bits per heavy atom. The first kappa shape index (κ1) is 15.7. The zero-order valence-electron chi connectivity index (χ0n) is 11.1. The van der Waals surface area contributed by atoms with Crippen molar-refractivity contribution in [2.24, 2.45) is 0 Å². The van der Waals surface area contributed by atoms with Gasteiger partial charge in [-0.3, -0.25) is 0 Å². The molecule has 0 fully saturated rings. The first-order valence-electron chi connectivity index (χ1n) is 5.71. The first-order chi connectivity index (χ1) is 8.65. The van der Waals surface area contributed by atoms with E-state index in [1.54, 1.807) is 13.0 Å². The van der Waals surface area contributed by atoms with E-state index in [0.717, 1.165) is 11.6 Å². The summed E-state index contributed by atoms with van der Waals surface area (Å²) < 4.78 is 0. The van der Waals surface area contributed by atoms with Crippen molar-refractivity contribution in [1.82, 2.24) is 0 Å². The Morgan fingerprint density at radius 3 is 2.47 bits per heavy atom. The Kier molecular flexibility index (Phi) is 6.03. The van der Waals surface area contributed by atoms with Gasteiger partial charge in [0, 0.05) is 0 Å². The van der Waals surface area contributed by atoms with E-state index in [4.69, 9.17) is 0 Å². The Hall–Kier alpha value is -1.35. The summed E-state index contributed by atoms with van der Waals surface area (Å²) in [4.78, 5) is 10.4. The number of carbonyl (C=O) groups is 1. The fourth-order valence-electron chi connectivity index (χ4n) is 1.77. The third-order valence-corrected chi connectivity index (χ3v) is 2.66. The summed E-state index contributed by atoms with van der Waals surface area (Å²) in [6, 6.07) is 14.2. The molecule has 2 aromatic rings. The molecule has 0 aliphatic carbocycles. The topological polar surface area (TPSA) is 40.1 Å². The number of fused-ring (bicyclic) bond motifs is 1. The quantitative estimate of drug-likeness (QED) is 0.426. The van der Waals surface area contributed by atoms with Crippen LogP contribution >= 0.6 is 0 Å². The average Bonchev–Trinajstić information content (AvgIpc) is 2.35. The molecule has 3 heteroatoms. The zero-order valence-corrected chi connectivity index (χ0v) is 13.1. The van der Waals surface area contributed by atoms with Crippen molar-refractivity contribution in [3.8, 4) is 0 Å². The van der Waals surface area contributed by atoms with Gasteiger partial charge in [-0.2, -0.15) is 0 Å². The normalized spacial score (nSPS) is 11.5. The molecule has 0 N–H and O–H groups in total. The molecule has 0 radical (unpaired) electrons. The van der Waals surface area contributed by atoms with Crippen molar-refractivity contribution in [3.63, 3.8) is 0 Å². The predicted octanol–water partition coefficient (Wildman–Crippen LogP) is -0.447. The summed E-state index contributed by atoms with van der Waals surface area (Å²) in [5.41, 5.74) is 1.70. The maximum atomic E-state index is 10.4. The summed E-state index contributed by atoms with van der Waals surface area (Å²) >= 11 is 0. The number of aliphatic carboxylic acids is 1. The minimum absolute atomic E-state index is 0. The van der Waals surface area contributed by atoms with Crippen LogP contribution in [-0.2, 0) is 4.79 Å². The van der Waals surface area contributed by atoms with E-state index >= 15 is 0 Å². The van der Waals surface area contributed by atoms with Crippen LogP contribution in [0.2, 0.25) is 0 Å². The second kappa shape index (κ2) is 7.29. The number of hydrogen-bond acceptors (Lipinski definition) is 2. The van der Waals surface area contributed by atoms with Gasteiger partial charge >= 0.3 is 29.6 Å². The molecule has 19 heavy (non-hydrogen) atoms. The maximum absolute atomic E-state index is 10.4. The van der Waals surface area contributed by atoms with Crippen molar-refractivity contribution in [2.75, 3.05) is 0 Å². The number of carboxylic acids is 1. The number of carbonyl (C=O) groups excluding carboxylic acids is 1. The van der Waals surface area contributed by atoms with Crippen LogP contribution in [0.15, 0.2) is 60.2 Å². The molecular formula is C16H13NaO2. The SMILES string of the molecule is CC(C=Cc1ccc2ccccc2c1)=CC(=O)[O-].[Na+]. The number of carboxylic acid groups (broad SMARTS) is 1. The molecule has 0 amide bonds. The molecule has 0 unspecified atom stereocenters. The van der Waals surface area contributed by atoms with Gasteiger partial charge in [0.25, 0.3) is 0 Å². The monoisotopic (exact) mass is 260 g/mol. The van der Waals surface area contributed by atoms with Crippen molar-refractivity contribution < 1.29 is 39.5 Å². The van der Waals surface area contributed by atoms with Crippen molar-refractivity contribution >= 4 is 22.8 Å². The second-order valence-electron chi connectivity index (χ2n) is 4.15. The van der Waals surface area contributed by atoms with Gasteiger partial charge in [-0.1, -0.05) is 48.6 Å². The van der Waals surface area contributed by atoms with E-state index in [9.17, 15) is 9.90 Å². The molecular weight excluding hydrogens is 247 g/mol. The Bertz CT molecular complexity index is 642. The van der Waals surface area contributed by atoms with Crippen LogP contribution in [-0.4, -0.2) is 5.97 Å². The Labute approximate surface area is 134 Å². The van der Waals surface area contributed by atoms with Crippen LogP contribution in [0.1, 0.15) is 12.5 Å². The summed E-state index contributed by atoms with van der Waals surface area (Å²) in [6.45, 7) is 1.73. The minimum Gasteiger partial charge on any atom is -0.545 e. The van der Waals surface area contributed by atoms with Gasteiger partial charge < -0.3 is 9.90 Å². The van der Waals surface area contributed by atoms with Crippen molar-refractivity contribution in [2.45, 2.75) is 6.92 Å². The summed E-state index contributed by atoms with van der Waals surface area (Å²) in [5.74, 6) is -1.17. The van der Waals surface area contributed by atoms with Gasteiger partial charge in [0.05, 0.1) is 5.97 Å². The largest absolute Gasteiger partial charge is 1.00 e. The molecule has 0 saturated carbocycles. The maximum Gasteiger partial charge on any atom is 1.00 e. The summed E-state index contributed by atoms with van der Waals surface area (Å²) in [5, 5.41) is 12.7. The zero-order chi connectivity index (χ0) is 13.0. The van der Waals surface area contributed by atoms with E-state index in [1.165, 1.54) is 10.8 Å². The van der Waals surface area contributed by atoms with Crippen LogP contribution < -0.4 is 34.7 Å². The second-order valence-corrected chi connectivity index (χ2v) is 4.15. The van der Waals surface area contributed by atoms with E-state index in [2.05, 4.69) is 18.2 Å². The predicted molar refractivity (Wildman–Crippen MR) is 71.7 cm³/mol. The van der Waals surface area contributed by atoms with Crippen LogP contribution in [0, 0.1) is 0 Å². The number of rotatable bonds is 3. The molecule has 0 heterocycles. The smallest absolute Gasteiger partial charge is 0.545 e. The summed E-state index contributed by atoms with van der Waals surface area (Å²) in [6.07, 6.45) is 4.73. The van der Waals surface area contributed by atoms with Crippen molar-refractivity contribution in [1.29, 1.82) is 0 Å². The van der Waals surface area contributed by atoms with Crippen LogP contribution in [0.4, 0.5) is 0 Å².